The molecule has 2 unspecified atom stereocenters. The third kappa shape index (κ3) is 3.46. The second-order valence-electron chi connectivity index (χ2n) is 6.14. The number of para-hydroxylation sites is 2. The minimum atomic E-state index is -0.591. The van der Waals surface area contributed by atoms with Crippen molar-refractivity contribution < 1.29 is 9.59 Å². The summed E-state index contributed by atoms with van der Waals surface area (Å²) < 4.78 is 1.53. The highest BCUT2D eigenvalue weighted by Crippen LogP contribution is 2.26. The highest BCUT2D eigenvalue weighted by Gasteiger charge is 2.25. The summed E-state index contributed by atoms with van der Waals surface area (Å²) in [6, 6.07) is 8.94. The zero-order chi connectivity index (χ0) is 17.1. The molecule has 126 valence electrons. The van der Waals surface area contributed by atoms with Crippen molar-refractivity contribution in [2.45, 2.75) is 31.7 Å². The minimum Gasteiger partial charge on any atom is -0.364 e. The van der Waals surface area contributed by atoms with Crippen LogP contribution in [0.3, 0.4) is 0 Å². The Morgan fingerprint density at radius 2 is 2.00 bits per heavy atom. The van der Waals surface area contributed by atoms with Gasteiger partial charge in [-0.1, -0.05) is 18.6 Å². The van der Waals surface area contributed by atoms with E-state index in [0.717, 1.165) is 19.3 Å². The molecule has 2 aromatic rings. The molecule has 3 rings (SSSR count). The second-order valence-corrected chi connectivity index (χ2v) is 6.14. The van der Waals surface area contributed by atoms with Crippen molar-refractivity contribution in [1.82, 2.24) is 9.78 Å². The van der Waals surface area contributed by atoms with Crippen LogP contribution in [-0.2, 0) is 4.79 Å². The van der Waals surface area contributed by atoms with Gasteiger partial charge < -0.3 is 16.8 Å². The largest absolute Gasteiger partial charge is 0.364 e. The summed E-state index contributed by atoms with van der Waals surface area (Å²) in [5.74, 6) is -0.688. The van der Waals surface area contributed by atoms with Gasteiger partial charge in [0.25, 0.3) is 5.91 Å². The average Bonchev–Trinajstić information content (AvgIpc) is 3.05. The summed E-state index contributed by atoms with van der Waals surface area (Å²) in [4.78, 5) is 23.7. The van der Waals surface area contributed by atoms with Crippen LogP contribution in [0.15, 0.2) is 36.5 Å². The van der Waals surface area contributed by atoms with E-state index in [1.807, 2.05) is 24.3 Å². The lowest BCUT2D eigenvalue weighted by Gasteiger charge is -2.26. The van der Waals surface area contributed by atoms with Crippen LogP contribution in [0.1, 0.15) is 36.2 Å². The molecule has 1 fully saturated rings. The van der Waals surface area contributed by atoms with E-state index in [4.69, 9.17) is 11.5 Å². The number of benzene rings is 1. The first-order valence-electron chi connectivity index (χ1n) is 8.06. The summed E-state index contributed by atoms with van der Waals surface area (Å²) in [6.45, 7) is 0. The van der Waals surface area contributed by atoms with Crippen LogP contribution in [0.5, 0.6) is 0 Å². The molecule has 1 saturated carbocycles. The van der Waals surface area contributed by atoms with E-state index < -0.39 is 5.91 Å². The molecule has 5 N–H and O–H groups in total. The molecule has 1 heterocycles. The Kier molecular flexibility index (Phi) is 4.61. The quantitative estimate of drug-likeness (QED) is 0.787. The molecule has 0 radical (unpaired) electrons. The number of nitrogens with two attached hydrogens (primary N) is 2. The van der Waals surface area contributed by atoms with E-state index >= 15 is 0 Å². The molecule has 0 saturated heterocycles. The van der Waals surface area contributed by atoms with Crippen molar-refractivity contribution in [3.8, 4) is 5.69 Å². The standard InChI is InChI=1S/C17H21N5O2/c18-12-5-3-4-11(10-12)17(24)20-13-6-1-2-7-15(13)22-9-8-14(21-22)16(19)23/h1-2,6-9,11-12H,3-5,10,18H2,(H2,19,23)(H,20,24). The summed E-state index contributed by atoms with van der Waals surface area (Å²) in [5, 5.41) is 7.11. The van der Waals surface area contributed by atoms with E-state index in [1.54, 1.807) is 12.3 Å². The summed E-state index contributed by atoms with van der Waals surface area (Å²) in [6.07, 6.45) is 5.16. The van der Waals surface area contributed by atoms with Crippen LogP contribution in [0.2, 0.25) is 0 Å². The molecule has 0 spiro atoms. The summed E-state index contributed by atoms with van der Waals surface area (Å²) >= 11 is 0. The molecule has 2 atom stereocenters. The van der Waals surface area contributed by atoms with Gasteiger partial charge in [-0.25, -0.2) is 4.68 Å². The van der Waals surface area contributed by atoms with Gasteiger partial charge in [0.15, 0.2) is 0 Å². The normalized spacial score (nSPS) is 20.5. The van der Waals surface area contributed by atoms with Crippen molar-refractivity contribution in [3.63, 3.8) is 0 Å². The van der Waals surface area contributed by atoms with Crippen LogP contribution in [-0.4, -0.2) is 27.6 Å². The lowest BCUT2D eigenvalue weighted by Crippen LogP contribution is -2.34. The first-order valence-corrected chi connectivity index (χ1v) is 8.06. The van der Waals surface area contributed by atoms with Crippen molar-refractivity contribution in [3.05, 3.63) is 42.2 Å². The summed E-state index contributed by atoms with van der Waals surface area (Å²) in [5.41, 5.74) is 12.7. The van der Waals surface area contributed by atoms with E-state index in [2.05, 4.69) is 10.4 Å². The SMILES string of the molecule is NC(=O)c1ccn(-c2ccccc2NC(=O)C2CCCC(N)C2)n1. The lowest BCUT2D eigenvalue weighted by molar-refractivity contribution is -0.120. The van der Waals surface area contributed by atoms with Gasteiger partial charge in [-0.3, -0.25) is 9.59 Å². The Morgan fingerprint density at radius 1 is 1.21 bits per heavy atom. The molecule has 2 amide bonds. The number of amides is 2. The molecule has 1 aromatic carbocycles. The predicted molar refractivity (Wildman–Crippen MR) is 90.6 cm³/mol. The van der Waals surface area contributed by atoms with Gasteiger partial charge in [-0.2, -0.15) is 5.10 Å². The van der Waals surface area contributed by atoms with E-state index in [0.29, 0.717) is 17.8 Å². The van der Waals surface area contributed by atoms with Crippen molar-refractivity contribution in [2.75, 3.05) is 5.32 Å². The number of hydrogen-bond donors (Lipinski definition) is 3. The molecule has 7 heteroatoms. The number of hydrogen-bond acceptors (Lipinski definition) is 4. The first-order chi connectivity index (χ1) is 11.5. The highest BCUT2D eigenvalue weighted by atomic mass is 16.2. The number of anilines is 1. The minimum absolute atomic E-state index is 0.0279. The molecular formula is C17H21N5O2. The average molecular weight is 327 g/mol. The maximum absolute atomic E-state index is 12.5. The lowest BCUT2D eigenvalue weighted by atomic mass is 9.85. The van der Waals surface area contributed by atoms with Crippen molar-refractivity contribution in [2.24, 2.45) is 17.4 Å². The molecule has 0 bridgehead atoms. The Bertz CT molecular complexity index is 755. The fourth-order valence-corrected chi connectivity index (χ4v) is 3.07. The van der Waals surface area contributed by atoms with Gasteiger partial charge in [-0.05, 0) is 37.5 Å². The van der Waals surface area contributed by atoms with Gasteiger partial charge in [0.05, 0.1) is 11.4 Å². The number of carbonyl (C=O) groups excluding carboxylic acids is 2. The van der Waals surface area contributed by atoms with Crippen LogP contribution in [0, 0.1) is 5.92 Å². The highest BCUT2D eigenvalue weighted by molar-refractivity contribution is 5.94. The van der Waals surface area contributed by atoms with Gasteiger partial charge in [-0.15, -0.1) is 0 Å². The fraction of sp³-hybridized carbons (Fsp3) is 0.353. The monoisotopic (exact) mass is 327 g/mol. The number of carbonyl (C=O) groups is 2. The number of primary amides is 1. The Hall–Kier alpha value is -2.67. The smallest absolute Gasteiger partial charge is 0.269 e. The zero-order valence-corrected chi connectivity index (χ0v) is 13.3. The number of nitrogens with zero attached hydrogens (tertiary/aromatic N) is 2. The third-order valence-electron chi connectivity index (χ3n) is 4.34. The van der Waals surface area contributed by atoms with Crippen molar-refractivity contribution >= 4 is 17.5 Å². The molecule has 7 nitrogen and oxygen atoms in total. The van der Waals surface area contributed by atoms with E-state index in [9.17, 15) is 9.59 Å². The summed E-state index contributed by atoms with van der Waals surface area (Å²) in [7, 11) is 0. The molecule has 1 aliphatic rings. The van der Waals surface area contributed by atoms with E-state index in [1.165, 1.54) is 4.68 Å². The van der Waals surface area contributed by atoms with Gasteiger partial charge in [0.2, 0.25) is 5.91 Å². The Morgan fingerprint density at radius 3 is 2.71 bits per heavy atom. The van der Waals surface area contributed by atoms with Crippen molar-refractivity contribution in [1.29, 1.82) is 0 Å². The first kappa shape index (κ1) is 16.2. The zero-order valence-electron chi connectivity index (χ0n) is 13.3. The molecule has 1 aliphatic carbocycles. The Balaban J connectivity index is 1.81. The second kappa shape index (κ2) is 6.84. The number of aromatic nitrogens is 2. The third-order valence-corrected chi connectivity index (χ3v) is 4.34. The number of nitrogens with one attached hydrogen (secondary N) is 1. The van der Waals surface area contributed by atoms with Gasteiger partial charge in [0.1, 0.15) is 5.69 Å². The molecule has 24 heavy (non-hydrogen) atoms. The maximum Gasteiger partial charge on any atom is 0.269 e. The van der Waals surface area contributed by atoms with Crippen LogP contribution in [0.25, 0.3) is 5.69 Å². The van der Waals surface area contributed by atoms with Crippen LogP contribution >= 0.6 is 0 Å². The maximum atomic E-state index is 12.5. The van der Waals surface area contributed by atoms with Gasteiger partial charge in [0, 0.05) is 18.2 Å². The predicted octanol–water partition coefficient (Wildman–Crippen LogP) is 1.43. The van der Waals surface area contributed by atoms with Crippen LogP contribution < -0.4 is 16.8 Å². The van der Waals surface area contributed by atoms with E-state index in [-0.39, 0.29) is 23.6 Å². The molecule has 0 aliphatic heterocycles. The Labute approximate surface area is 140 Å². The van der Waals surface area contributed by atoms with Gasteiger partial charge >= 0.3 is 0 Å². The van der Waals surface area contributed by atoms with Crippen LogP contribution in [0.4, 0.5) is 5.69 Å². The molecule has 1 aromatic heterocycles. The fourth-order valence-electron chi connectivity index (χ4n) is 3.07. The molecular weight excluding hydrogens is 306 g/mol. The number of rotatable bonds is 4. The topological polar surface area (TPSA) is 116 Å².